The molecule has 17 heavy (non-hydrogen) atoms. The first-order valence-electron chi connectivity index (χ1n) is 5.59. The van der Waals surface area contributed by atoms with Crippen molar-refractivity contribution >= 4 is 21.7 Å². The van der Waals surface area contributed by atoms with E-state index in [-0.39, 0.29) is 5.78 Å². The summed E-state index contributed by atoms with van der Waals surface area (Å²) in [7, 11) is 3.68. The molecule has 0 heterocycles. The molecule has 1 aromatic rings. The fourth-order valence-electron chi connectivity index (χ4n) is 1.43. The van der Waals surface area contributed by atoms with E-state index in [0.29, 0.717) is 13.0 Å². The molecule has 0 aliphatic carbocycles. The minimum Gasteiger partial charge on any atom is -0.383 e. The molecule has 0 unspecified atom stereocenters. The van der Waals surface area contributed by atoms with Crippen LogP contribution in [0.4, 0.5) is 0 Å². The third-order valence-electron chi connectivity index (χ3n) is 2.56. The number of Topliss-reactive ketones (excluding diaryl/α,β-unsaturated/α-hetero) is 1. The van der Waals surface area contributed by atoms with E-state index in [1.165, 1.54) is 0 Å². The summed E-state index contributed by atoms with van der Waals surface area (Å²) in [4.78, 5) is 14.0. The van der Waals surface area contributed by atoms with E-state index < -0.39 is 0 Å². The monoisotopic (exact) mass is 299 g/mol. The number of likely N-dealkylation sites (N-methyl/N-ethyl adjacent to an activating group) is 1. The maximum atomic E-state index is 11.9. The molecule has 0 amide bonds. The van der Waals surface area contributed by atoms with Crippen LogP contribution in [-0.4, -0.2) is 44.5 Å². The Hall–Kier alpha value is -0.710. The van der Waals surface area contributed by atoms with Gasteiger partial charge in [-0.25, -0.2) is 0 Å². The number of carbonyl (C=O) groups excluding carboxylic acids is 1. The summed E-state index contributed by atoms with van der Waals surface area (Å²) in [5, 5.41) is 0. The fraction of sp³-hybridized carbons (Fsp3) is 0.462. The van der Waals surface area contributed by atoms with Crippen molar-refractivity contribution in [3.8, 4) is 0 Å². The number of benzene rings is 1. The van der Waals surface area contributed by atoms with Gasteiger partial charge in [0, 0.05) is 36.7 Å². The molecule has 94 valence electrons. The van der Waals surface area contributed by atoms with Gasteiger partial charge in [0.05, 0.1) is 6.61 Å². The summed E-state index contributed by atoms with van der Waals surface area (Å²) in [5.41, 5.74) is 0.772. The van der Waals surface area contributed by atoms with Crippen LogP contribution < -0.4 is 0 Å². The predicted octanol–water partition coefficient (Wildman–Crippen LogP) is 2.60. The Labute approximate surface area is 111 Å². The minimum absolute atomic E-state index is 0.182. The summed E-state index contributed by atoms with van der Waals surface area (Å²) in [6.07, 6.45) is 0.543. The van der Waals surface area contributed by atoms with Gasteiger partial charge >= 0.3 is 0 Å². The molecule has 0 aliphatic rings. The molecular formula is C13H18BrNO2. The Bertz CT molecular complexity index is 351. The van der Waals surface area contributed by atoms with Crippen LogP contribution in [0.3, 0.4) is 0 Å². The summed E-state index contributed by atoms with van der Waals surface area (Å²) in [6, 6.07) is 7.48. The molecule has 1 aromatic carbocycles. The van der Waals surface area contributed by atoms with E-state index in [1.54, 1.807) is 7.11 Å². The van der Waals surface area contributed by atoms with Crippen molar-refractivity contribution < 1.29 is 9.53 Å². The highest BCUT2D eigenvalue weighted by atomic mass is 79.9. The van der Waals surface area contributed by atoms with Gasteiger partial charge in [0.25, 0.3) is 0 Å². The second kappa shape index (κ2) is 7.58. The van der Waals surface area contributed by atoms with Crippen molar-refractivity contribution in [1.29, 1.82) is 0 Å². The van der Waals surface area contributed by atoms with Crippen molar-refractivity contribution in [2.75, 3.05) is 33.9 Å². The van der Waals surface area contributed by atoms with Crippen LogP contribution >= 0.6 is 15.9 Å². The quantitative estimate of drug-likeness (QED) is 0.725. The van der Waals surface area contributed by atoms with Crippen molar-refractivity contribution in [2.24, 2.45) is 0 Å². The second-order valence-corrected chi connectivity index (χ2v) is 4.89. The number of ether oxygens (including phenoxy) is 1. The molecule has 0 radical (unpaired) electrons. The van der Waals surface area contributed by atoms with E-state index in [0.717, 1.165) is 23.1 Å². The molecule has 3 nitrogen and oxygen atoms in total. The first-order chi connectivity index (χ1) is 8.13. The van der Waals surface area contributed by atoms with Gasteiger partial charge in [0.1, 0.15) is 0 Å². The lowest BCUT2D eigenvalue weighted by Gasteiger charge is -2.15. The lowest BCUT2D eigenvalue weighted by atomic mass is 10.1. The van der Waals surface area contributed by atoms with Crippen molar-refractivity contribution in [1.82, 2.24) is 4.90 Å². The highest BCUT2D eigenvalue weighted by Crippen LogP contribution is 2.12. The molecule has 4 heteroatoms. The van der Waals surface area contributed by atoms with Crippen LogP contribution in [0.5, 0.6) is 0 Å². The van der Waals surface area contributed by atoms with E-state index in [9.17, 15) is 4.79 Å². The van der Waals surface area contributed by atoms with Gasteiger partial charge in [-0.15, -0.1) is 0 Å². The van der Waals surface area contributed by atoms with Crippen molar-refractivity contribution in [3.63, 3.8) is 0 Å². The van der Waals surface area contributed by atoms with Crippen LogP contribution in [0.2, 0.25) is 0 Å². The zero-order valence-corrected chi connectivity index (χ0v) is 11.9. The molecular weight excluding hydrogens is 282 g/mol. The summed E-state index contributed by atoms with van der Waals surface area (Å²) in [6.45, 7) is 2.31. The van der Waals surface area contributed by atoms with Gasteiger partial charge in [0.15, 0.2) is 5.78 Å². The van der Waals surface area contributed by atoms with Gasteiger partial charge in [-0.3, -0.25) is 4.79 Å². The highest BCUT2D eigenvalue weighted by molar-refractivity contribution is 9.10. The van der Waals surface area contributed by atoms with Crippen LogP contribution in [0.1, 0.15) is 16.8 Å². The number of carbonyl (C=O) groups is 1. The molecule has 0 fully saturated rings. The van der Waals surface area contributed by atoms with Crippen LogP contribution in [0, 0.1) is 0 Å². The first-order valence-corrected chi connectivity index (χ1v) is 6.39. The molecule has 1 rings (SSSR count). The lowest BCUT2D eigenvalue weighted by Crippen LogP contribution is -2.25. The molecule has 0 aliphatic heterocycles. The van der Waals surface area contributed by atoms with Gasteiger partial charge in [0.2, 0.25) is 0 Å². The molecule has 0 saturated heterocycles. The molecule has 0 aromatic heterocycles. The average molecular weight is 300 g/mol. The van der Waals surface area contributed by atoms with E-state index in [1.807, 2.05) is 31.3 Å². The Balaban J connectivity index is 2.36. The van der Waals surface area contributed by atoms with Gasteiger partial charge in [-0.2, -0.15) is 0 Å². The summed E-state index contributed by atoms with van der Waals surface area (Å²) in [5.74, 6) is 0.182. The zero-order valence-electron chi connectivity index (χ0n) is 10.3. The van der Waals surface area contributed by atoms with Gasteiger partial charge < -0.3 is 9.64 Å². The van der Waals surface area contributed by atoms with Crippen LogP contribution in [0.15, 0.2) is 28.7 Å². The number of hydrogen-bond acceptors (Lipinski definition) is 3. The van der Waals surface area contributed by atoms with Gasteiger partial charge in [-0.05, 0) is 19.2 Å². The third-order valence-corrected chi connectivity index (χ3v) is 3.09. The smallest absolute Gasteiger partial charge is 0.164 e. The summed E-state index contributed by atoms with van der Waals surface area (Å²) < 4.78 is 5.98. The number of rotatable bonds is 7. The number of ketones is 1. The Morgan fingerprint density at radius 3 is 2.53 bits per heavy atom. The number of nitrogens with zero attached hydrogens (tertiary/aromatic N) is 1. The highest BCUT2D eigenvalue weighted by Gasteiger charge is 2.07. The normalized spacial score (nSPS) is 10.8. The maximum absolute atomic E-state index is 11.9. The number of halogens is 1. The summed E-state index contributed by atoms with van der Waals surface area (Å²) >= 11 is 3.35. The maximum Gasteiger partial charge on any atom is 0.164 e. The van der Waals surface area contributed by atoms with Crippen molar-refractivity contribution in [3.05, 3.63) is 34.3 Å². The predicted molar refractivity (Wildman–Crippen MR) is 72.5 cm³/mol. The van der Waals surface area contributed by atoms with E-state index >= 15 is 0 Å². The SMILES string of the molecule is COCCN(C)CCC(=O)c1ccc(Br)cc1. The Morgan fingerprint density at radius 1 is 1.29 bits per heavy atom. The average Bonchev–Trinajstić information content (AvgIpc) is 2.34. The largest absolute Gasteiger partial charge is 0.383 e. The third kappa shape index (κ3) is 5.44. The number of hydrogen-bond donors (Lipinski definition) is 0. The molecule has 0 atom stereocenters. The number of methoxy groups -OCH3 is 1. The van der Waals surface area contributed by atoms with Crippen LogP contribution in [-0.2, 0) is 4.74 Å². The fourth-order valence-corrected chi connectivity index (χ4v) is 1.70. The topological polar surface area (TPSA) is 29.5 Å². The first kappa shape index (κ1) is 14.4. The zero-order chi connectivity index (χ0) is 12.7. The molecule has 0 saturated carbocycles. The lowest BCUT2D eigenvalue weighted by molar-refractivity contribution is 0.0960. The molecule has 0 bridgehead atoms. The standard InChI is InChI=1S/C13H18BrNO2/c1-15(9-10-17-2)8-7-13(16)11-3-5-12(14)6-4-11/h3-6H,7-10H2,1-2H3. The second-order valence-electron chi connectivity index (χ2n) is 3.98. The molecule has 0 spiro atoms. The van der Waals surface area contributed by atoms with Crippen LogP contribution in [0.25, 0.3) is 0 Å². The van der Waals surface area contributed by atoms with Gasteiger partial charge in [-0.1, -0.05) is 28.1 Å². The van der Waals surface area contributed by atoms with Crippen molar-refractivity contribution in [2.45, 2.75) is 6.42 Å². The van der Waals surface area contributed by atoms with E-state index in [4.69, 9.17) is 4.74 Å². The Kier molecular flexibility index (Phi) is 6.40. The molecule has 0 N–H and O–H groups in total. The minimum atomic E-state index is 0.182. The Morgan fingerprint density at radius 2 is 1.94 bits per heavy atom. The van der Waals surface area contributed by atoms with E-state index in [2.05, 4.69) is 20.8 Å².